The van der Waals surface area contributed by atoms with E-state index in [-0.39, 0.29) is 45.7 Å². The fourth-order valence-electron chi connectivity index (χ4n) is 5.40. The summed E-state index contributed by atoms with van der Waals surface area (Å²) in [7, 11) is 0. The van der Waals surface area contributed by atoms with Crippen LogP contribution >= 0.6 is 0 Å². The Morgan fingerprint density at radius 3 is 1.25 bits per heavy atom. The molecule has 6 nitrogen and oxygen atoms in total. The predicted octanol–water partition coefficient (Wildman–Crippen LogP) is 4.15. The number of rotatable bonds is 1. The molecule has 6 heteroatoms. The Bertz CT molecular complexity index is 924. The van der Waals surface area contributed by atoms with E-state index in [2.05, 4.69) is 0 Å². The molecule has 0 saturated heterocycles. The third-order valence-corrected chi connectivity index (χ3v) is 6.73. The molecule has 0 aromatic heterocycles. The van der Waals surface area contributed by atoms with Gasteiger partial charge in [-0.1, -0.05) is 27.7 Å². The lowest BCUT2D eigenvalue weighted by Gasteiger charge is -2.25. The molecule has 0 radical (unpaired) electrons. The summed E-state index contributed by atoms with van der Waals surface area (Å²) >= 11 is 0. The standard InChI is InChI=1S/C22H26O6/c1-21(2)7-9(15-11(21)5-13(23)17(25)19(15)27)10-8-22(3,4)12-6-14(24)18(26)20(28)16(10)12/h5-6,9-10,23-28H,7-8H2,1-4H3. The molecule has 2 aromatic carbocycles. The molecule has 2 atom stereocenters. The Kier molecular flexibility index (Phi) is 3.59. The zero-order valence-electron chi connectivity index (χ0n) is 16.4. The van der Waals surface area contributed by atoms with Crippen molar-refractivity contribution >= 4 is 0 Å². The average Bonchev–Trinajstić information content (AvgIpc) is 3.01. The Morgan fingerprint density at radius 1 is 0.607 bits per heavy atom. The predicted molar refractivity (Wildman–Crippen MR) is 104 cm³/mol. The van der Waals surface area contributed by atoms with Crippen LogP contribution in [0.5, 0.6) is 34.5 Å². The van der Waals surface area contributed by atoms with Gasteiger partial charge < -0.3 is 30.6 Å². The minimum absolute atomic E-state index is 0.230. The van der Waals surface area contributed by atoms with Crippen LogP contribution in [-0.2, 0) is 10.8 Å². The second-order valence-corrected chi connectivity index (χ2v) is 9.50. The lowest BCUT2D eigenvalue weighted by atomic mass is 9.78. The van der Waals surface area contributed by atoms with Gasteiger partial charge in [-0.25, -0.2) is 0 Å². The number of hydrogen-bond donors (Lipinski definition) is 6. The largest absolute Gasteiger partial charge is 0.504 e. The quantitative estimate of drug-likeness (QED) is 0.410. The Labute approximate surface area is 163 Å². The van der Waals surface area contributed by atoms with E-state index in [4.69, 9.17) is 0 Å². The summed E-state index contributed by atoms with van der Waals surface area (Å²) in [5.74, 6) is -2.93. The highest BCUT2D eigenvalue weighted by molar-refractivity contribution is 5.66. The first-order chi connectivity index (χ1) is 12.9. The molecule has 150 valence electrons. The van der Waals surface area contributed by atoms with Crippen molar-refractivity contribution in [3.63, 3.8) is 0 Å². The zero-order chi connectivity index (χ0) is 20.8. The fraction of sp³-hybridized carbons (Fsp3) is 0.455. The minimum atomic E-state index is -0.545. The molecule has 28 heavy (non-hydrogen) atoms. The Hall–Kier alpha value is -2.76. The van der Waals surface area contributed by atoms with Crippen LogP contribution < -0.4 is 0 Å². The van der Waals surface area contributed by atoms with Crippen LogP contribution in [0.2, 0.25) is 0 Å². The molecule has 0 spiro atoms. The molecule has 2 aromatic rings. The van der Waals surface area contributed by atoms with Gasteiger partial charge >= 0.3 is 0 Å². The first kappa shape index (κ1) is 18.6. The van der Waals surface area contributed by atoms with Crippen molar-refractivity contribution in [3.05, 3.63) is 34.4 Å². The number of hydrogen-bond acceptors (Lipinski definition) is 6. The van der Waals surface area contributed by atoms with Gasteiger partial charge in [-0.2, -0.15) is 0 Å². The SMILES string of the molecule is CC1(C)CC(C2CC(C)(C)c3cc(O)c(O)c(O)c32)c2c1cc(O)c(O)c2O. The second-order valence-electron chi connectivity index (χ2n) is 9.50. The maximum Gasteiger partial charge on any atom is 0.200 e. The molecule has 0 amide bonds. The van der Waals surface area contributed by atoms with Crippen molar-refractivity contribution in [2.24, 2.45) is 0 Å². The van der Waals surface area contributed by atoms with Crippen molar-refractivity contribution < 1.29 is 30.6 Å². The maximum absolute atomic E-state index is 10.6. The molecule has 6 N–H and O–H groups in total. The van der Waals surface area contributed by atoms with Gasteiger partial charge in [0.15, 0.2) is 23.0 Å². The lowest BCUT2D eigenvalue weighted by molar-refractivity contribution is 0.352. The van der Waals surface area contributed by atoms with Gasteiger partial charge in [0, 0.05) is 11.1 Å². The monoisotopic (exact) mass is 386 g/mol. The molecular formula is C22H26O6. The van der Waals surface area contributed by atoms with Crippen LogP contribution in [0.1, 0.15) is 74.6 Å². The Balaban J connectivity index is 1.96. The van der Waals surface area contributed by atoms with E-state index in [0.717, 1.165) is 11.1 Å². The van der Waals surface area contributed by atoms with Crippen LogP contribution in [0.15, 0.2) is 12.1 Å². The van der Waals surface area contributed by atoms with Crippen molar-refractivity contribution in [1.82, 2.24) is 0 Å². The first-order valence-corrected chi connectivity index (χ1v) is 9.43. The summed E-state index contributed by atoms with van der Waals surface area (Å²) in [5, 5.41) is 61.5. The minimum Gasteiger partial charge on any atom is -0.504 e. The topological polar surface area (TPSA) is 121 Å². The van der Waals surface area contributed by atoms with Crippen LogP contribution in [0.25, 0.3) is 0 Å². The third kappa shape index (κ3) is 2.26. The molecule has 0 fully saturated rings. The number of phenolic OH excluding ortho intramolecular Hbond substituents is 6. The van der Waals surface area contributed by atoms with E-state index in [1.165, 1.54) is 12.1 Å². The molecule has 2 aliphatic carbocycles. The summed E-state index contributed by atoms with van der Waals surface area (Å²) in [6.45, 7) is 8.04. The third-order valence-electron chi connectivity index (χ3n) is 6.73. The van der Waals surface area contributed by atoms with Gasteiger partial charge in [0.05, 0.1) is 0 Å². The summed E-state index contributed by atoms with van der Waals surface area (Å²) in [6.07, 6.45) is 1.28. The Morgan fingerprint density at radius 2 is 0.929 bits per heavy atom. The number of fused-ring (bicyclic) bond motifs is 2. The van der Waals surface area contributed by atoms with E-state index in [0.29, 0.717) is 24.0 Å². The average molecular weight is 386 g/mol. The molecule has 2 unspecified atom stereocenters. The summed E-state index contributed by atoms with van der Waals surface area (Å²) in [4.78, 5) is 0. The van der Waals surface area contributed by atoms with Gasteiger partial charge in [-0.15, -0.1) is 0 Å². The summed E-state index contributed by atoms with van der Waals surface area (Å²) < 4.78 is 0. The van der Waals surface area contributed by atoms with E-state index < -0.39 is 11.5 Å². The fourth-order valence-corrected chi connectivity index (χ4v) is 5.40. The maximum atomic E-state index is 10.6. The van der Waals surface area contributed by atoms with Crippen LogP contribution in [-0.4, -0.2) is 30.6 Å². The first-order valence-electron chi connectivity index (χ1n) is 9.43. The van der Waals surface area contributed by atoms with E-state index in [9.17, 15) is 30.6 Å². The van der Waals surface area contributed by atoms with Gasteiger partial charge in [0.2, 0.25) is 11.5 Å². The molecule has 0 saturated carbocycles. The highest BCUT2D eigenvalue weighted by Gasteiger charge is 2.50. The van der Waals surface area contributed by atoms with Gasteiger partial charge in [-0.3, -0.25) is 0 Å². The molecule has 2 aliphatic rings. The highest BCUT2D eigenvalue weighted by atomic mass is 16.3. The summed E-state index contributed by atoms with van der Waals surface area (Å²) in [6, 6.07) is 3.00. The number of aromatic hydroxyl groups is 6. The van der Waals surface area contributed by atoms with E-state index >= 15 is 0 Å². The number of benzene rings is 2. The van der Waals surface area contributed by atoms with Crippen molar-refractivity contribution in [2.75, 3.05) is 0 Å². The smallest absolute Gasteiger partial charge is 0.200 e. The van der Waals surface area contributed by atoms with Crippen LogP contribution in [0, 0.1) is 0 Å². The lowest BCUT2D eigenvalue weighted by Crippen LogP contribution is -2.16. The van der Waals surface area contributed by atoms with Crippen LogP contribution in [0.3, 0.4) is 0 Å². The van der Waals surface area contributed by atoms with Crippen molar-refractivity contribution in [1.29, 1.82) is 0 Å². The number of phenols is 6. The summed E-state index contributed by atoms with van der Waals surface area (Å²) in [5.41, 5.74) is 1.95. The van der Waals surface area contributed by atoms with Gasteiger partial charge in [0.1, 0.15) is 0 Å². The highest BCUT2D eigenvalue weighted by Crippen LogP contribution is 2.64. The van der Waals surface area contributed by atoms with Crippen molar-refractivity contribution in [3.8, 4) is 34.5 Å². The van der Waals surface area contributed by atoms with Gasteiger partial charge in [0.25, 0.3) is 0 Å². The van der Waals surface area contributed by atoms with E-state index in [1.807, 2.05) is 27.7 Å². The van der Waals surface area contributed by atoms with Crippen LogP contribution in [0.4, 0.5) is 0 Å². The van der Waals surface area contributed by atoms with E-state index in [1.54, 1.807) is 0 Å². The normalized spacial score (nSPS) is 24.1. The molecule has 0 aliphatic heterocycles. The zero-order valence-corrected chi connectivity index (χ0v) is 16.4. The molecule has 0 heterocycles. The van der Waals surface area contributed by atoms with Crippen molar-refractivity contribution in [2.45, 2.75) is 63.2 Å². The van der Waals surface area contributed by atoms with Gasteiger partial charge in [-0.05, 0) is 58.8 Å². The molecular weight excluding hydrogens is 360 g/mol. The molecule has 4 rings (SSSR count). The second kappa shape index (κ2) is 5.40. The molecule has 0 bridgehead atoms.